The second-order valence-corrected chi connectivity index (χ2v) is 8.42. The third-order valence-electron chi connectivity index (χ3n) is 4.19. The Kier molecular flexibility index (Phi) is 6.42. The number of amides is 3. The Morgan fingerprint density at radius 1 is 1.41 bits per heavy atom. The van der Waals surface area contributed by atoms with Gasteiger partial charge >= 0.3 is 0 Å². The van der Waals surface area contributed by atoms with Crippen molar-refractivity contribution in [3.63, 3.8) is 0 Å². The predicted octanol–water partition coefficient (Wildman–Crippen LogP) is 0.749. The standard InChI is InChI=1S/C17H27N5O4S/c1-9(15(24)20-17(2,3)4)22(8-10-6-5-7-26-10)16(25)13-11(18)12(14(19)23)21-27-13/h9-10H,5-8,18H2,1-4H3,(H2,19,23)(H,20,24)/t9-,10+/m0/s1. The number of primary amides is 1. The Bertz CT molecular complexity index is 721. The molecular weight excluding hydrogens is 370 g/mol. The van der Waals surface area contributed by atoms with Crippen LogP contribution in [0.3, 0.4) is 0 Å². The molecule has 2 rings (SSSR count). The maximum atomic E-state index is 13.1. The van der Waals surface area contributed by atoms with Gasteiger partial charge in [0.25, 0.3) is 11.8 Å². The zero-order chi connectivity index (χ0) is 20.4. The van der Waals surface area contributed by atoms with Gasteiger partial charge in [0.1, 0.15) is 10.9 Å². The molecule has 1 aromatic heterocycles. The number of carbonyl (C=O) groups is 3. The van der Waals surface area contributed by atoms with E-state index < -0.39 is 23.4 Å². The van der Waals surface area contributed by atoms with E-state index in [0.717, 1.165) is 24.4 Å². The van der Waals surface area contributed by atoms with Crippen molar-refractivity contribution in [1.82, 2.24) is 14.6 Å². The molecule has 2 atom stereocenters. The third-order valence-corrected chi connectivity index (χ3v) is 5.04. The second kappa shape index (κ2) is 8.22. The van der Waals surface area contributed by atoms with Crippen LogP contribution in [0.4, 0.5) is 5.69 Å². The number of carbonyl (C=O) groups excluding carboxylic acids is 3. The van der Waals surface area contributed by atoms with E-state index in [9.17, 15) is 14.4 Å². The molecule has 10 heteroatoms. The predicted molar refractivity (Wildman–Crippen MR) is 102 cm³/mol. The van der Waals surface area contributed by atoms with Gasteiger partial charge in [-0.15, -0.1) is 0 Å². The van der Waals surface area contributed by atoms with Gasteiger partial charge < -0.3 is 26.4 Å². The van der Waals surface area contributed by atoms with E-state index in [1.165, 1.54) is 4.90 Å². The normalized spacial score (nSPS) is 18.1. The van der Waals surface area contributed by atoms with Crippen molar-refractivity contribution in [2.75, 3.05) is 18.9 Å². The molecule has 0 aliphatic carbocycles. The molecule has 0 bridgehead atoms. The molecule has 1 fully saturated rings. The van der Waals surface area contributed by atoms with E-state index in [-0.39, 0.29) is 34.8 Å². The topological polar surface area (TPSA) is 141 Å². The lowest BCUT2D eigenvalue weighted by atomic mass is 10.1. The Balaban J connectivity index is 2.29. The molecular formula is C17H27N5O4S. The first-order chi connectivity index (χ1) is 12.5. The van der Waals surface area contributed by atoms with Crippen LogP contribution in [0.2, 0.25) is 0 Å². The minimum Gasteiger partial charge on any atom is -0.395 e. The van der Waals surface area contributed by atoms with Crippen LogP contribution in [0.25, 0.3) is 0 Å². The fraction of sp³-hybridized carbons (Fsp3) is 0.647. The number of ether oxygens (including phenoxy) is 1. The highest BCUT2D eigenvalue weighted by atomic mass is 32.1. The molecule has 0 radical (unpaired) electrons. The van der Waals surface area contributed by atoms with Crippen molar-refractivity contribution in [3.05, 3.63) is 10.6 Å². The first-order valence-corrected chi connectivity index (χ1v) is 9.58. The van der Waals surface area contributed by atoms with Gasteiger partial charge in [0, 0.05) is 18.7 Å². The molecule has 27 heavy (non-hydrogen) atoms. The van der Waals surface area contributed by atoms with Crippen molar-refractivity contribution in [2.45, 2.75) is 58.2 Å². The number of anilines is 1. The molecule has 0 saturated carbocycles. The summed E-state index contributed by atoms with van der Waals surface area (Å²) in [5, 5.41) is 2.88. The van der Waals surface area contributed by atoms with Gasteiger partial charge in [-0.2, -0.15) is 4.37 Å². The zero-order valence-electron chi connectivity index (χ0n) is 16.1. The largest absolute Gasteiger partial charge is 0.395 e. The molecule has 9 nitrogen and oxygen atoms in total. The van der Waals surface area contributed by atoms with Gasteiger partial charge in [-0.1, -0.05) is 0 Å². The van der Waals surface area contributed by atoms with Gasteiger partial charge in [-0.25, -0.2) is 0 Å². The fourth-order valence-electron chi connectivity index (χ4n) is 2.80. The van der Waals surface area contributed by atoms with E-state index in [1.54, 1.807) is 6.92 Å². The third kappa shape index (κ3) is 5.16. The van der Waals surface area contributed by atoms with E-state index in [1.807, 2.05) is 20.8 Å². The summed E-state index contributed by atoms with van der Waals surface area (Å²) in [6.07, 6.45) is 1.56. The summed E-state index contributed by atoms with van der Waals surface area (Å²) in [6.45, 7) is 8.13. The molecule has 1 aliphatic rings. The summed E-state index contributed by atoms with van der Waals surface area (Å²) in [5.74, 6) is -1.55. The summed E-state index contributed by atoms with van der Waals surface area (Å²) in [5.41, 5.74) is 10.5. The van der Waals surface area contributed by atoms with E-state index in [0.29, 0.717) is 6.61 Å². The monoisotopic (exact) mass is 397 g/mol. The number of nitrogens with two attached hydrogens (primary N) is 2. The van der Waals surface area contributed by atoms with Crippen LogP contribution in [0.5, 0.6) is 0 Å². The molecule has 0 aromatic carbocycles. The van der Waals surface area contributed by atoms with Crippen molar-refractivity contribution in [3.8, 4) is 0 Å². The minimum atomic E-state index is -0.799. The lowest BCUT2D eigenvalue weighted by Crippen LogP contribution is -2.54. The van der Waals surface area contributed by atoms with Crippen LogP contribution < -0.4 is 16.8 Å². The highest BCUT2D eigenvalue weighted by Gasteiger charge is 2.34. The van der Waals surface area contributed by atoms with E-state index in [4.69, 9.17) is 16.2 Å². The van der Waals surface area contributed by atoms with Crippen molar-refractivity contribution in [1.29, 1.82) is 0 Å². The zero-order valence-corrected chi connectivity index (χ0v) is 16.9. The van der Waals surface area contributed by atoms with Crippen LogP contribution >= 0.6 is 11.5 Å². The summed E-state index contributed by atoms with van der Waals surface area (Å²) in [6, 6.07) is -0.751. The number of nitrogens with zero attached hydrogens (tertiary/aromatic N) is 2. The van der Waals surface area contributed by atoms with E-state index >= 15 is 0 Å². The lowest BCUT2D eigenvalue weighted by Gasteiger charge is -2.32. The maximum absolute atomic E-state index is 13.1. The summed E-state index contributed by atoms with van der Waals surface area (Å²) < 4.78 is 9.51. The molecule has 1 saturated heterocycles. The molecule has 3 amide bonds. The average Bonchev–Trinajstić information content (AvgIpc) is 3.19. The number of nitrogen functional groups attached to an aromatic ring is 1. The van der Waals surface area contributed by atoms with Gasteiger partial charge in [-0.05, 0) is 52.1 Å². The van der Waals surface area contributed by atoms with Crippen LogP contribution in [0.1, 0.15) is 60.7 Å². The Morgan fingerprint density at radius 2 is 2.07 bits per heavy atom. The van der Waals surface area contributed by atoms with Crippen LogP contribution in [0.15, 0.2) is 0 Å². The quantitative estimate of drug-likeness (QED) is 0.647. The van der Waals surface area contributed by atoms with Crippen LogP contribution in [0, 0.1) is 0 Å². The van der Waals surface area contributed by atoms with E-state index in [2.05, 4.69) is 9.69 Å². The summed E-state index contributed by atoms with van der Waals surface area (Å²) in [4.78, 5) is 38.7. The second-order valence-electron chi connectivity index (χ2n) is 7.65. The fourth-order valence-corrected chi connectivity index (χ4v) is 3.56. The van der Waals surface area contributed by atoms with Gasteiger partial charge in [0.2, 0.25) is 5.91 Å². The van der Waals surface area contributed by atoms with Crippen molar-refractivity contribution >= 4 is 34.9 Å². The maximum Gasteiger partial charge on any atom is 0.270 e. The SMILES string of the molecule is C[C@@H](C(=O)NC(C)(C)C)N(C[C@H]1CCCO1)C(=O)c1snc(C(N)=O)c1N. The molecule has 1 aromatic rings. The molecule has 0 spiro atoms. The average molecular weight is 398 g/mol. The number of nitrogens with one attached hydrogen (secondary N) is 1. The molecule has 150 valence electrons. The van der Waals surface area contributed by atoms with Crippen molar-refractivity contribution < 1.29 is 19.1 Å². The number of aromatic nitrogens is 1. The summed E-state index contributed by atoms with van der Waals surface area (Å²) >= 11 is 0.802. The Morgan fingerprint density at radius 3 is 2.56 bits per heavy atom. The molecule has 2 heterocycles. The Labute approximate surface area is 162 Å². The highest BCUT2D eigenvalue weighted by Crippen LogP contribution is 2.25. The van der Waals surface area contributed by atoms with Gasteiger partial charge in [-0.3, -0.25) is 14.4 Å². The first kappa shape index (κ1) is 21.1. The minimum absolute atomic E-state index is 0.0572. The van der Waals surface area contributed by atoms with Crippen LogP contribution in [-0.4, -0.2) is 57.8 Å². The summed E-state index contributed by atoms with van der Waals surface area (Å²) in [7, 11) is 0. The number of rotatable bonds is 6. The lowest BCUT2D eigenvalue weighted by molar-refractivity contribution is -0.127. The first-order valence-electron chi connectivity index (χ1n) is 8.80. The Hall–Kier alpha value is -2.20. The highest BCUT2D eigenvalue weighted by molar-refractivity contribution is 7.09. The van der Waals surface area contributed by atoms with Gasteiger partial charge in [0.15, 0.2) is 5.69 Å². The molecule has 1 aliphatic heterocycles. The van der Waals surface area contributed by atoms with Crippen LogP contribution in [-0.2, 0) is 9.53 Å². The number of hydrogen-bond acceptors (Lipinski definition) is 7. The van der Waals surface area contributed by atoms with Crippen molar-refractivity contribution in [2.24, 2.45) is 5.73 Å². The van der Waals surface area contributed by atoms with Gasteiger partial charge in [0.05, 0.1) is 11.8 Å². The number of hydrogen-bond donors (Lipinski definition) is 3. The molecule has 5 N–H and O–H groups in total. The molecule has 0 unspecified atom stereocenters. The smallest absolute Gasteiger partial charge is 0.270 e.